The van der Waals surface area contributed by atoms with E-state index < -0.39 is 0 Å². The number of nitrogens with one attached hydrogen (secondary N) is 1. The Labute approximate surface area is 109 Å². The van der Waals surface area contributed by atoms with Gasteiger partial charge >= 0.3 is 0 Å². The lowest BCUT2D eigenvalue weighted by molar-refractivity contribution is -0.126. The highest BCUT2D eigenvalue weighted by molar-refractivity contribution is 9.11. The fourth-order valence-electron chi connectivity index (χ4n) is 2.29. The number of amides is 1. The van der Waals surface area contributed by atoms with Gasteiger partial charge in [0.25, 0.3) is 0 Å². The zero-order chi connectivity index (χ0) is 11.5. The summed E-state index contributed by atoms with van der Waals surface area (Å²) in [6.45, 7) is 2.84. The van der Waals surface area contributed by atoms with Crippen LogP contribution in [0.4, 0.5) is 0 Å². The Morgan fingerprint density at radius 3 is 2.94 bits per heavy atom. The molecule has 0 radical (unpaired) electrons. The molecule has 0 bridgehead atoms. The molecule has 0 aliphatic heterocycles. The summed E-state index contributed by atoms with van der Waals surface area (Å²) in [4.78, 5) is 13.1. The van der Waals surface area contributed by atoms with Crippen molar-refractivity contribution >= 4 is 33.2 Å². The average Bonchev–Trinajstić information content (AvgIpc) is 2.84. The molecular weight excluding hydrogens is 286 g/mol. The summed E-state index contributed by atoms with van der Waals surface area (Å²) in [5.74, 6) is 1.02. The maximum Gasteiger partial charge on any atom is 0.223 e. The average molecular weight is 302 g/mol. The predicted octanol–water partition coefficient (Wildman–Crippen LogP) is 3.56. The first kappa shape index (κ1) is 12.1. The third-order valence-corrected chi connectivity index (χ3v) is 4.89. The molecule has 1 amide bonds. The minimum absolute atomic E-state index is 0.231. The van der Waals surface area contributed by atoms with Gasteiger partial charge in [0.05, 0.1) is 10.3 Å². The summed E-state index contributed by atoms with van der Waals surface area (Å²) in [5.41, 5.74) is 0. The number of hydrogen-bond donors (Lipinski definition) is 1. The van der Waals surface area contributed by atoms with Gasteiger partial charge in [-0.25, -0.2) is 0 Å². The number of hydrogen-bond acceptors (Lipinski definition) is 2. The van der Waals surface area contributed by atoms with Crippen LogP contribution in [-0.4, -0.2) is 5.91 Å². The van der Waals surface area contributed by atoms with Crippen LogP contribution < -0.4 is 5.32 Å². The zero-order valence-corrected chi connectivity index (χ0v) is 11.7. The summed E-state index contributed by atoms with van der Waals surface area (Å²) in [6.07, 6.45) is 3.45. The van der Waals surface area contributed by atoms with Crippen LogP contribution in [0.3, 0.4) is 0 Å². The van der Waals surface area contributed by atoms with Crippen molar-refractivity contribution in [1.29, 1.82) is 0 Å². The molecule has 88 valence electrons. The van der Waals surface area contributed by atoms with Crippen molar-refractivity contribution in [2.75, 3.05) is 0 Å². The molecule has 1 saturated carbocycles. The summed E-state index contributed by atoms with van der Waals surface area (Å²) in [5, 5.41) is 3.04. The quantitative estimate of drug-likeness (QED) is 0.909. The lowest BCUT2D eigenvalue weighted by atomic mass is 9.97. The maximum absolute atomic E-state index is 11.9. The number of carbonyl (C=O) groups excluding carboxylic acids is 1. The van der Waals surface area contributed by atoms with Gasteiger partial charge in [0.15, 0.2) is 0 Å². The molecule has 1 aromatic rings. The molecule has 2 nitrogen and oxygen atoms in total. The van der Waals surface area contributed by atoms with E-state index in [4.69, 9.17) is 0 Å². The number of thiophene rings is 1. The first-order valence-electron chi connectivity index (χ1n) is 5.69. The van der Waals surface area contributed by atoms with Crippen LogP contribution in [-0.2, 0) is 11.3 Å². The Hall–Kier alpha value is -0.350. The van der Waals surface area contributed by atoms with Crippen LogP contribution in [0.5, 0.6) is 0 Å². The molecule has 16 heavy (non-hydrogen) atoms. The third-order valence-electron chi connectivity index (χ3n) is 3.26. The SMILES string of the molecule is CC1CCCC1C(=O)NCc1ccc(Br)s1. The molecule has 1 heterocycles. The largest absolute Gasteiger partial charge is 0.351 e. The van der Waals surface area contributed by atoms with Crippen molar-refractivity contribution in [1.82, 2.24) is 5.32 Å². The Kier molecular flexibility index (Phi) is 4.03. The smallest absolute Gasteiger partial charge is 0.223 e. The Morgan fingerprint density at radius 1 is 1.56 bits per heavy atom. The van der Waals surface area contributed by atoms with E-state index >= 15 is 0 Å². The minimum atomic E-state index is 0.231. The summed E-state index contributed by atoms with van der Waals surface area (Å²) in [6, 6.07) is 4.07. The van der Waals surface area contributed by atoms with Crippen molar-refractivity contribution in [3.05, 3.63) is 20.8 Å². The Bertz CT molecular complexity index is 377. The molecule has 0 saturated heterocycles. The van der Waals surface area contributed by atoms with Gasteiger partial charge in [-0.2, -0.15) is 0 Å². The monoisotopic (exact) mass is 301 g/mol. The van der Waals surface area contributed by atoms with Crippen molar-refractivity contribution in [3.63, 3.8) is 0 Å². The molecule has 1 N–H and O–H groups in total. The van der Waals surface area contributed by atoms with Crippen molar-refractivity contribution in [2.24, 2.45) is 11.8 Å². The second kappa shape index (κ2) is 5.32. The van der Waals surface area contributed by atoms with E-state index in [1.54, 1.807) is 11.3 Å². The fourth-order valence-corrected chi connectivity index (χ4v) is 3.71. The molecule has 1 fully saturated rings. The van der Waals surface area contributed by atoms with Crippen LogP contribution in [0.1, 0.15) is 31.1 Å². The zero-order valence-electron chi connectivity index (χ0n) is 9.33. The van der Waals surface area contributed by atoms with Crippen molar-refractivity contribution in [3.8, 4) is 0 Å². The predicted molar refractivity (Wildman–Crippen MR) is 70.4 cm³/mol. The van der Waals surface area contributed by atoms with E-state index in [0.717, 1.165) is 10.2 Å². The van der Waals surface area contributed by atoms with E-state index in [1.807, 2.05) is 12.1 Å². The molecule has 2 atom stereocenters. The molecule has 0 aromatic carbocycles. The van der Waals surface area contributed by atoms with E-state index in [1.165, 1.54) is 17.7 Å². The van der Waals surface area contributed by atoms with E-state index in [0.29, 0.717) is 12.5 Å². The first-order chi connectivity index (χ1) is 7.66. The van der Waals surface area contributed by atoms with Crippen LogP contribution in [0.15, 0.2) is 15.9 Å². The van der Waals surface area contributed by atoms with E-state index in [2.05, 4.69) is 28.2 Å². The normalized spacial score (nSPS) is 24.6. The summed E-state index contributed by atoms with van der Waals surface area (Å²) in [7, 11) is 0. The second-order valence-corrected chi connectivity index (χ2v) is 6.99. The van der Waals surface area contributed by atoms with E-state index in [9.17, 15) is 4.79 Å². The van der Waals surface area contributed by atoms with Gasteiger partial charge in [-0.15, -0.1) is 11.3 Å². The highest BCUT2D eigenvalue weighted by atomic mass is 79.9. The minimum Gasteiger partial charge on any atom is -0.351 e. The summed E-state index contributed by atoms with van der Waals surface area (Å²) < 4.78 is 1.12. The van der Waals surface area contributed by atoms with Crippen LogP contribution >= 0.6 is 27.3 Å². The van der Waals surface area contributed by atoms with Crippen molar-refractivity contribution < 1.29 is 4.79 Å². The van der Waals surface area contributed by atoms with Gasteiger partial charge < -0.3 is 5.32 Å². The maximum atomic E-state index is 11.9. The van der Waals surface area contributed by atoms with Gasteiger partial charge in [-0.05, 0) is 46.8 Å². The second-order valence-electron chi connectivity index (χ2n) is 4.44. The Balaban J connectivity index is 1.83. The molecule has 4 heteroatoms. The number of rotatable bonds is 3. The molecule has 1 aromatic heterocycles. The highest BCUT2D eigenvalue weighted by Crippen LogP contribution is 2.31. The molecule has 0 spiro atoms. The van der Waals surface area contributed by atoms with Crippen LogP contribution in [0.2, 0.25) is 0 Å². The van der Waals surface area contributed by atoms with Gasteiger partial charge in [0, 0.05) is 10.8 Å². The third kappa shape index (κ3) is 2.86. The van der Waals surface area contributed by atoms with Gasteiger partial charge in [0.2, 0.25) is 5.91 Å². The van der Waals surface area contributed by atoms with E-state index in [-0.39, 0.29) is 11.8 Å². The molecule has 1 aliphatic rings. The Morgan fingerprint density at radius 2 is 2.38 bits per heavy atom. The summed E-state index contributed by atoms with van der Waals surface area (Å²) >= 11 is 5.10. The highest BCUT2D eigenvalue weighted by Gasteiger charge is 2.29. The standard InChI is InChI=1S/C12H16BrNOS/c1-8-3-2-4-10(8)12(15)14-7-9-5-6-11(13)16-9/h5-6,8,10H,2-4,7H2,1H3,(H,14,15). The molecular formula is C12H16BrNOS. The van der Waals surface area contributed by atoms with Gasteiger partial charge in [-0.3, -0.25) is 4.79 Å². The fraction of sp³-hybridized carbons (Fsp3) is 0.583. The molecule has 1 aliphatic carbocycles. The van der Waals surface area contributed by atoms with Crippen molar-refractivity contribution in [2.45, 2.75) is 32.7 Å². The number of halogens is 1. The van der Waals surface area contributed by atoms with Crippen LogP contribution in [0.25, 0.3) is 0 Å². The first-order valence-corrected chi connectivity index (χ1v) is 7.29. The van der Waals surface area contributed by atoms with Gasteiger partial charge in [-0.1, -0.05) is 13.3 Å². The molecule has 2 rings (SSSR count). The molecule has 2 unspecified atom stereocenters. The van der Waals surface area contributed by atoms with Gasteiger partial charge in [0.1, 0.15) is 0 Å². The number of carbonyl (C=O) groups is 1. The lowest BCUT2D eigenvalue weighted by Crippen LogP contribution is -2.31. The van der Waals surface area contributed by atoms with Crippen LogP contribution in [0, 0.1) is 11.8 Å². The lowest BCUT2D eigenvalue weighted by Gasteiger charge is -2.14. The topological polar surface area (TPSA) is 29.1 Å².